The largest absolute Gasteiger partial charge is 0.379 e. The Hall–Kier alpha value is -2.18. The van der Waals surface area contributed by atoms with Gasteiger partial charge in [0, 0.05) is 37.3 Å². The van der Waals surface area contributed by atoms with Crippen molar-refractivity contribution in [2.75, 3.05) is 39.4 Å². The summed E-state index contributed by atoms with van der Waals surface area (Å²) in [6, 6.07) is 7.64. The summed E-state index contributed by atoms with van der Waals surface area (Å²) in [5.74, 6) is -0.122. The zero-order valence-electron chi connectivity index (χ0n) is 15.1. The first kappa shape index (κ1) is 18.6. The molecule has 2 N–H and O–H groups in total. The van der Waals surface area contributed by atoms with Crippen molar-refractivity contribution in [3.63, 3.8) is 0 Å². The van der Waals surface area contributed by atoms with Crippen LogP contribution in [0.5, 0.6) is 0 Å². The van der Waals surface area contributed by atoms with Crippen molar-refractivity contribution >= 4 is 17.9 Å². The van der Waals surface area contributed by atoms with Crippen molar-refractivity contribution in [2.45, 2.75) is 25.3 Å². The van der Waals surface area contributed by atoms with E-state index in [2.05, 4.69) is 15.5 Å². The molecule has 0 spiro atoms. The van der Waals surface area contributed by atoms with E-state index in [1.165, 1.54) is 6.08 Å². The van der Waals surface area contributed by atoms with Gasteiger partial charge in [-0.15, -0.1) is 0 Å². The molecule has 3 rings (SSSR count). The zero-order chi connectivity index (χ0) is 18.2. The summed E-state index contributed by atoms with van der Waals surface area (Å²) in [4.78, 5) is 26.2. The number of nitrogens with zero attached hydrogens (tertiary/aromatic N) is 1. The molecule has 0 unspecified atom stereocenters. The Morgan fingerprint density at radius 1 is 1.15 bits per heavy atom. The van der Waals surface area contributed by atoms with Gasteiger partial charge in [0.1, 0.15) is 0 Å². The Labute approximate surface area is 154 Å². The lowest BCUT2D eigenvalue weighted by Crippen LogP contribution is -2.38. The smallest absolute Gasteiger partial charge is 0.251 e. The van der Waals surface area contributed by atoms with Gasteiger partial charge in [0.05, 0.1) is 13.2 Å². The molecule has 0 atom stereocenters. The molecule has 1 heterocycles. The Balaban J connectivity index is 1.35. The number of hydrogen-bond acceptors (Lipinski definition) is 4. The summed E-state index contributed by atoms with van der Waals surface area (Å²) in [7, 11) is 0. The van der Waals surface area contributed by atoms with Crippen molar-refractivity contribution in [2.24, 2.45) is 0 Å². The van der Waals surface area contributed by atoms with Crippen LogP contribution in [-0.2, 0) is 9.53 Å². The van der Waals surface area contributed by atoms with E-state index < -0.39 is 0 Å². The minimum atomic E-state index is -0.0949. The number of nitrogens with one attached hydrogen (secondary N) is 2. The standard InChI is InChI=1S/C20H27N3O3/c24-19(21-10-1-11-23-12-14-26-15-13-23)9-4-16-2-5-17(6-3-16)20(25)22-18-7-8-18/h2-6,9,18H,1,7-8,10-15H2,(H,21,24)(H,22,25)/b9-4+. The minimum Gasteiger partial charge on any atom is -0.379 e. The molecule has 1 saturated carbocycles. The first-order valence-electron chi connectivity index (χ1n) is 9.38. The molecule has 26 heavy (non-hydrogen) atoms. The van der Waals surface area contributed by atoms with Gasteiger partial charge in [0.15, 0.2) is 0 Å². The number of carbonyl (C=O) groups excluding carboxylic acids is 2. The SMILES string of the molecule is O=C(/C=C/c1ccc(C(=O)NC2CC2)cc1)NCCCN1CCOCC1. The first-order chi connectivity index (χ1) is 12.7. The molecule has 140 valence electrons. The van der Waals surface area contributed by atoms with E-state index in [4.69, 9.17) is 4.74 Å². The van der Waals surface area contributed by atoms with Crippen LogP contribution in [0.1, 0.15) is 35.2 Å². The molecule has 0 aromatic heterocycles. The molecule has 2 aliphatic rings. The average molecular weight is 357 g/mol. The van der Waals surface area contributed by atoms with Crippen molar-refractivity contribution in [3.05, 3.63) is 41.5 Å². The molecule has 1 aliphatic heterocycles. The van der Waals surface area contributed by atoms with Gasteiger partial charge in [-0.25, -0.2) is 0 Å². The highest BCUT2D eigenvalue weighted by molar-refractivity contribution is 5.95. The Kier molecular flexibility index (Phi) is 6.80. The molecule has 1 saturated heterocycles. The van der Waals surface area contributed by atoms with Crippen LogP contribution in [0.3, 0.4) is 0 Å². The monoisotopic (exact) mass is 357 g/mol. The highest BCUT2D eigenvalue weighted by Crippen LogP contribution is 2.19. The van der Waals surface area contributed by atoms with Crippen molar-refractivity contribution in [1.82, 2.24) is 15.5 Å². The van der Waals surface area contributed by atoms with E-state index in [1.54, 1.807) is 18.2 Å². The molecule has 0 radical (unpaired) electrons. The Morgan fingerprint density at radius 3 is 2.58 bits per heavy atom. The Morgan fingerprint density at radius 2 is 1.88 bits per heavy atom. The maximum Gasteiger partial charge on any atom is 0.251 e. The van der Waals surface area contributed by atoms with Crippen LogP contribution in [0.2, 0.25) is 0 Å². The van der Waals surface area contributed by atoms with Crippen LogP contribution in [0, 0.1) is 0 Å². The van der Waals surface area contributed by atoms with Crippen LogP contribution in [0.25, 0.3) is 6.08 Å². The van der Waals surface area contributed by atoms with Crippen LogP contribution in [-0.4, -0.2) is 62.1 Å². The molecule has 0 bridgehead atoms. The summed E-state index contributed by atoms with van der Waals surface area (Å²) in [5.41, 5.74) is 1.55. The van der Waals surface area contributed by atoms with Gasteiger partial charge < -0.3 is 15.4 Å². The fourth-order valence-electron chi connectivity index (χ4n) is 2.81. The molecule has 6 heteroatoms. The van der Waals surface area contributed by atoms with E-state index in [1.807, 2.05) is 12.1 Å². The fraction of sp³-hybridized carbons (Fsp3) is 0.500. The summed E-state index contributed by atoms with van der Waals surface area (Å²) in [6.07, 6.45) is 6.39. The second kappa shape index (κ2) is 9.50. The van der Waals surface area contributed by atoms with Gasteiger partial charge in [0.25, 0.3) is 5.91 Å². The first-order valence-corrected chi connectivity index (χ1v) is 9.38. The summed E-state index contributed by atoms with van der Waals surface area (Å²) in [6.45, 7) is 5.20. The van der Waals surface area contributed by atoms with Gasteiger partial charge in [-0.05, 0) is 49.6 Å². The number of amides is 2. The van der Waals surface area contributed by atoms with Gasteiger partial charge in [-0.2, -0.15) is 0 Å². The normalized spacial score (nSPS) is 18.0. The van der Waals surface area contributed by atoms with E-state index in [9.17, 15) is 9.59 Å². The average Bonchev–Trinajstić information content (AvgIpc) is 3.49. The zero-order valence-corrected chi connectivity index (χ0v) is 15.1. The third-order valence-electron chi connectivity index (χ3n) is 4.57. The second-order valence-corrected chi connectivity index (χ2v) is 6.80. The van der Waals surface area contributed by atoms with Crippen LogP contribution < -0.4 is 10.6 Å². The highest BCUT2D eigenvalue weighted by Gasteiger charge is 2.23. The molecular formula is C20H27N3O3. The quantitative estimate of drug-likeness (QED) is 0.545. The molecule has 1 aromatic rings. The van der Waals surface area contributed by atoms with Crippen molar-refractivity contribution in [3.8, 4) is 0 Å². The molecule has 6 nitrogen and oxygen atoms in total. The Bertz CT molecular complexity index is 632. The summed E-state index contributed by atoms with van der Waals surface area (Å²) >= 11 is 0. The number of rotatable bonds is 8. The van der Waals surface area contributed by atoms with Gasteiger partial charge in [-0.1, -0.05) is 12.1 Å². The predicted molar refractivity (Wildman–Crippen MR) is 101 cm³/mol. The number of hydrogen-bond donors (Lipinski definition) is 2. The second-order valence-electron chi connectivity index (χ2n) is 6.80. The number of ether oxygens (including phenoxy) is 1. The maximum absolute atomic E-state index is 11.9. The summed E-state index contributed by atoms with van der Waals surface area (Å²) < 4.78 is 5.32. The van der Waals surface area contributed by atoms with Gasteiger partial charge >= 0.3 is 0 Å². The van der Waals surface area contributed by atoms with Crippen molar-refractivity contribution in [1.29, 1.82) is 0 Å². The molecule has 1 aromatic carbocycles. The van der Waals surface area contributed by atoms with Gasteiger partial charge in [-0.3, -0.25) is 14.5 Å². The molecule has 1 aliphatic carbocycles. The van der Waals surface area contributed by atoms with E-state index in [-0.39, 0.29) is 11.8 Å². The number of benzene rings is 1. The molecule has 2 amide bonds. The van der Waals surface area contributed by atoms with E-state index >= 15 is 0 Å². The van der Waals surface area contributed by atoms with E-state index in [0.717, 1.165) is 57.7 Å². The van der Waals surface area contributed by atoms with Crippen LogP contribution >= 0.6 is 0 Å². The summed E-state index contributed by atoms with van der Waals surface area (Å²) in [5, 5.41) is 5.86. The maximum atomic E-state index is 11.9. The number of morpholine rings is 1. The molecular weight excluding hydrogens is 330 g/mol. The topological polar surface area (TPSA) is 70.7 Å². The predicted octanol–water partition coefficient (Wildman–Crippen LogP) is 1.43. The highest BCUT2D eigenvalue weighted by atomic mass is 16.5. The lowest BCUT2D eigenvalue weighted by atomic mass is 10.1. The third-order valence-corrected chi connectivity index (χ3v) is 4.57. The lowest BCUT2D eigenvalue weighted by Gasteiger charge is -2.26. The minimum absolute atomic E-state index is 0.0268. The van der Waals surface area contributed by atoms with Crippen LogP contribution in [0.15, 0.2) is 30.3 Å². The lowest BCUT2D eigenvalue weighted by molar-refractivity contribution is -0.116. The number of carbonyl (C=O) groups is 2. The van der Waals surface area contributed by atoms with Crippen molar-refractivity contribution < 1.29 is 14.3 Å². The van der Waals surface area contributed by atoms with E-state index in [0.29, 0.717) is 18.2 Å². The van der Waals surface area contributed by atoms with Crippen LogP contribution in [0.4, 0.5) is 0 Å². The van der Waals surface area contributed by atoms with Gasteiger partial charge in [0.2, 0.25) is 5.91 Å². The fourth-order valence-corrected chi connectivity index (χ4v) is 2.81. The third kappa shape index (κ3) is 6.28. The molecule has 2 fully saturated rings.